The number of nitrogens with zero attached hydrogens (tertiary/aromatic N) is 2. The van der Waals surface area contributed by atoms with Crippen molar-refractivity contribution >= 4 is 35.2 Å². The summed E-state index contributed by atoms with van der Waals surface area (Å²) in [6.45, 7) is 5.79. The molecular weight excluding hydrogens is 447 g/mol. The molecule has 1 aromatic heterocycles. The number of anilines is 1. The van der Waals surface area contributed by atoms with E-state index in [-0.39, 0.29) is 16.3 Å². The van der Waals surface area contributed by atoms with E-state index < -0.39 is 30.2 Å². The highest BCUT2D eigenvalue weighted by atomic mass is 35.5. The molecule has 0 aliphatic heterocycles. The molecule has 0 saturated carbocycles. The van der Waals surface area contributed by atoms with Gasteiger partial charge in [0.1, 0.15) is 11.6 Å². The third-order valence-corrected chi connectivity index (χ3v) is 4.93. The summed E-state index contributed by atoms with van der Waals surface area (Å²) in [5, 5.41) is 11.4. The molecule has 170 valence electrons. The number of nitrogens with one attached hydrogen (secondary N) is 1. The number of hydrogen-bond acceptors (Lipinski definition) is 4. The molecule has 0 aliphatic carbocycles. The highest BCUT2D eigenvalue weighted by Crippen LogP contribution is 2.33. The van der Waals surface area contributed by atoms with Crippen molar-refractivity contribution in [2.45, 2.75) is 39.9 Å². The van der Waals surface area contributed by atoms with Crippen molar-refractivity contribution in [2.75, 3.05) is 11.9 Å². The van der Waals surface area contributed by atoms with Crippen LogP contribution in [-0.2, 0) is 27.0 Å². The highest BCUT2D eigenvalue weighted by molar-refractivity contribution is 6.33. The monoisotopic (exact) mass is 467 g/mol. The Morgan fingerprint density at radius 1 is 1.28 bits per heavy atom. The Hall–Kier alpha value is -3.25. The van der Waals surface area contributed by atoms with Gasteiger partial charge in [-0.3, -0.25) is 4.79 Å². The number of alkyl halides is 3. The first-order chi connectivity index (χ1) is 15.0. The smallest absolute Gasteiger partial charge is 0.416 e. The van der Waals surface area contributed by atoms with Crippen molar-refractivity contribution in [1.29, 1.82) is 5.26 Å². The predicted molar refractivity (Wildman–Crippen MR) is 114 cm³/mol. The molecule has 2 rings (SSSR count). The van der Waals surface area contributed by atoms with Crippen LogP contribution in [0.3, 0.4) is 0 Å². The van der Waals surface area contributed by atoms with Gasteiger partial charge in [0.2, 0.25) is 0 Å². The number of amides is 1. The fraction of sp³-hybridized carbons (Fsp3) is 0.318. The number of aromatic nitrogens is 1. The molecule has 0 aliphatic rings. The number of benzene rings is 1. The number of hydrogen-bond donors (Lipinski definition) is 1. The molecule has 0 radical (unpaired) electrons. The summed E-state index contributed by atoms with van der Waals surface area (Å²) in [5.41, 5.74) is 0.934. The quantitative estimate of drug-likeness (QED) is 0.341. The molecule has 1 amide bonds. The zero-order chi connectivity index (χ0) is 24.1. The standard InChI is InChI=1S/C22H21ClF3N3O3/c1-4-7-29-13(2)8-15(14(29)3)9-16(11-27)21(31)32-12-20(30)28-19-10-17(22(24,25)26)5-6-18(19)23/h5-6,8-10H,4,7,12H2,1-3H3,(H,28,30)/b16-9+. The van der Waals surface area contributed by atoms with Gasteiger partial charge in [-0.15, -0.1) is 0 Å². The number of esters is 1. The molecular formula is C22H21ClF3N3O3. The molecule has 0 spiro atoms. The lowest BCUT2D eigenvalue weighted by molar-refractivity contribution is -0.142. The van der Waals surface area contributed by atoms with E-state index in [0.717, 1.165) is 36.5 Å². The number of rotatable bonds is 7. The van der Waals surface area contributed by atoms with E-state index >= 15 is 0 Å². The number of aryl methyl sites for hydroxylation is 1. The molecule has 1 heterocycles. The first kappa shape index (κ1) is 25.0. The molecule has 0 atom stereocenters. The first-order valence-electron chi connectivity index (χ1n) is 9.60. The minimum absolute atomic E-state index is 0.113. The van der Waals surface area contributed by atoms with Crippen LogP contribution in [0.5, 0.6) is 0 Å². The minimum Gasteiger partial charge on any atom is -0.451 e. The molecule has 0 saturated heterocycles. The van der Waals surface area contributed by atoms with Crippen LogP contribution in [0.15, 0.2) is 29.8 Å². The molecule has 32 heavy (non-hydrogen) atoms. The fourth-order valence-corrected chi connectivity index (χ4v) is 3.19. The van der Waals surface area contributed by atoms with E-state index in [1.54, 1.807) is 6.07 Å². The third kappa shape index (κ3) is 6.14. The number of carbonyl (C=O) groups excluding carboxylic acids is 2. The maximum atomic E-state index is 12.8. The average molecular weight is 468 g/mol. The topological polar surface area (TPSA) is 84.1 Å². The fourth-order valence-electron chi connectivity index (χ4n) is 3.03. The Balaban J connectivity index is 2.08. The number of carbonyl (C=O) groups is 2. The van der Waals surface area contributed by atoms with E-state index in [4.69, 9.17) is 16.3 Å². The Bertz CT molecular complexity index is 1100. The van der Waals surface area contributed by atoms with E-state index in [9.17, 15) is 28.0 Å². The maximum Gasteiger partial charge on any atom is 0.416 e. The van der Waals surface area contributed by atoms with Crippen molar-refractivity contribution in [3.05, 3.63) is 57.4 Å². The molecule has 10 heteroatoms. The average Bonchev–Trinajstić information content (AvgIpc) is 2.98. The van der Waals surface area contributed by atoms with Gasteiger partial charge in [0, 0.05) is 17.9 Å². The summed E-state index contributed by atoms with van der Waals surface area (Å²) in [6.07, 6.45) is -2.33. The van der Waals surface area contributed by atoms with Crippen LogP contribution >= 0.6 is 11.6 Å². The van der Waals surface area contributed by atoms with E-state index in [1.807, 2.05) is 26.8 Å². The van der Waals surface area contributed by atoms with Crippen molar-refractivity contribution in [1.82, 2.24) is 4.57 Å². The second-order valence-electron chi connectivity index (χ2n) is 6.96. The molecule has 1 aromatic carbocycles. The van der Waals surface area contributed by atoms with Crippen molar-refractivity contribution in [3.8, 4) is 6.07 Å². The van der Waals surface area contributed by atoms with Crippen LogP contribution in [0.25, 0.3) is 6.08 Å². The van der Waals surface area contributed by atoms with Crippen LogP contribution in [0.4, 0.5) is 18.9 Å². The van der Waals surface area contributed by atoms with Gasteiger partial charge in [0.05, 0.1) is 16.3 Å². The summed E-state index contributed by atoms with van der Waals surface area (Å²) in [5.74, 6) is -1.93. The first-order valence-corrected chi connectivity index (χ1v) is 9.98. The van der Waals surface area contributed by atoms with Crippen molar-refractivity contribution in [3.63, 3.8) is 0 Å². The lowest BCUT2D eigenvalue weighted by atomic mass is 10.1. The zero-order valence-electron chi connectivity index (χ0n) is 17.6. The van der Waals surface area contributed by atoms with Gasteiger partial charge in [-0.25, -0.2) is 4.79 Å². The number of halogens is 4. The van der Waals surface area contributed by atoms with Gasteiger partial charge in [-0.05, 0) is 56.2 Å². The van der Waals surface area contributed by atoms with Gasteiger partial charge in [-0.2, -0.15) is 18.4 Å². The van der Waals surface area contributed by atoms with Gasteiger partial charge in [-0.1, -0.05) is 18.5 Å². The predicted octanol–water partition coefficient (Wildman–Crippen LogP) is 5.28. The van der Waals surface area contributed by atoms with E-state index in [0.29, 0.717) is 11.6 Å². The van der Waals surface area contributed by atoms with Crippen LogP contribution in [0.1, 0.15) is 35.9 Å². The van der Waals surface area contributed by atoms with Gasteiger partial charge >= 0.3 is 12.1 Å². The van der Waals surface area contributed by atoms with Gasteiger partial charge < -0.3 is 14.6 Å². The summed E-state index contributed by atoms with van der Waals surface area (Å²) in [6, 6.07) is 6.03. The van der Waals surface area contributed by atoms with Crippen LogP contribution in [0.2, 0.25) is 5.02 Å². The van der Waals surface area contributed by atoms with Crippen molar-refractivity contribution in [2.24, 2.45) is 0 Å². The zero-order valence-corrected chi connectivity index (χ0v) is 18.4. The third-order valence-electron chi connectivity index (χ3n) is 4.60. The van der Waals surface area contributed by atoms with Gasteiger partial charge in [0.15, 0.2) is 6.61 Å². The lowest BCUT2D eigenvalue weighted by Crippen LogP contribution is -2.22. The number of nitriles is 1. The summed E-state index contributed by atoms with van der Waals surface area (Å²) in [4.78, 5) is 24.3. The van der Waals surface area contributed by atoms with Crippen LogP contribution < -0.4 is 5.32 Å². The molecule has 6 nitrogen and oxygen atoms in total. The Labute approximate surface area is 188 Å². The normalized spacial score (nSPS) is 11.8. The maximum absolute atomic E-state index is 12.8. The Kier molecular flexibility index (Phi) is 8.11. The number of ether oxygens (including phenoxy) is 1. The molecule has 2 aromatic rings. The summed E-state index contributed by atoms with van der Waals surface area (Å²) < 4.78 is 45.4. The highest BCUT2D eigenvalue weighted by Gasteiger charge is 2.31. The summed E-state index contributed by atoms with van der Waals surface area (Å²) in [7, 11) is 0. The van der Waals surface area contributed by atoms with E-state index in [1.165, 1.54) is 6.08 Å². The van der Waals surface area contributed by atoms with Gasteiger partial charge in [0.25, 0.3) is 5.91 Å². The second kappa shape index (κ2) is 10.4. The SMILES string of the molecule is CCCn1c(C)cc(/C=C(\C#N)C(=O)OCC(=O)Nc2cc(C(F)(F)F)ccc2Cl)c1C. The van der Waals surface area contributed by atoms with Crippen LogP contribution in [-0.4, -0.2) is 23.1 Å². The largest absolute Gasteiger partial charge is 0.451 e. The molecule has 1 N–H and O–H groups in total. The lowest BCUT2D eigenvalue weighted by Gasteiger charge is -2.11. The second-order valence-corrected chi connectivity index (χ2v) is 7.37. The Morgan fingerprint density at radius 3 is 2.56 bits per heavy atom. The summed E-state index contributed by atoms with van der Waals surface area (Å²) >= 11 is 5.82. The van der Waals surface area contributed by atoms with Crippen LogP contribution in [0, 0.1) is 25.2 Å². The molecule has 0 unspecified atom stereocenters. The Morgan fingerprint density at radius 2 is 1.97 bits per heavy atom. The molecule has 0 fully saturated rings. The van der Waals surface area contributed by atoms with E-state index in [2.05, 4.69) is 9.88 Å². The molecule has 0 bridgehead atoms. The minimum atomic E-state index is -4.62. The van der Waals surface area contributed by atoms with Crippen molar-refractivity contribution < 1.29 is 27.5 Å².